The fourth-order valence-corrected chi connectivity index (χ4v) is 2.09. The van der Waals surface area contributed by atoms with E-state index in [4.69, 9.17) is 9.90 Å². The molecular weight excluding hydrogens is 253 g/mol. The number of piperidine rings is 1. The van der Waals surface area contributed by atoms with Crippen molar-refractivity contribution in [3.8, 4) is 0 Å². The second kappa shape index (κ2) is 5.55. The first-order valence-electron chi connectivity index (χ1n) is 5.57. The summed E-state index contributed by atoms with van der Waals surface area (Å²) in [6, 6.07) is 0. The van der Waals surface area contributed by atoms with E-state index in [1.807, 2.05) is 0 Å². The molecule has 1 spiro atoms. The molecule has 104 valence electrons. The average molecular weight is 268 g/mol. The summed E-state index contributed by atoms with van der Waals surface area (Å²) in [7, 11) is 0. The molecule has 2 heterocycles. The van der Waals surface area contributed by atoms with Crippen LogP contribution in [0.15, 0.2) is 0 Å². The molecule has 0 aliphatic carbocycles. The van der Waals surface area contributed by atoms with E-state index < -0.39 is 12.1 Å². The number of amides is 1. The lowest BCUT2D eigenvalue weighted by Gasteiger charge is -2.30. The van der Waals surface area contributed by atoms with E-state index in [0.717, 1.165) is 38.9 Å². The van der Waals surface area contributed by atoms with Gasteiger partial charge in [-0.05, 0) is 25.8 Å². The lowest BCUT2D eigenvalue weighted by Crippen LogP contribution is -2.44. The highest BCUT2D eigenvalue weighted by Gasteiger charge is 2.42. The Bertz CT molecular complexity index is 325. The molecule has 5 nitrogen and oxygen atoms in total. The standard InChI is InChI=1S/C8H14N2O.C2HF3O2/c11-7-8(3-5-10-7)2-1-4-9-6-8;3-2(4,5)1(6)7/h9H,1-6H2,(H,10,11);(H,6,7). The zero-order valence-electron chi connectivity index (χ0n) is 9.64. The maximum absolute atomic E-state index is 11.4. The molecule has 0 bridgehead atoms. The fraction of sp³-hybridized carbons (Fsp3) is 0.800. The predicted molar refractivity (Wildman–Crippen MR) is 55.9 cm³/mol. The monoisotopic (exact) mass is 268 g/mol. The maximum atomic E-state index is 11.4. The minimum Gasteiger partial charge on any atom is -0.475 e. The molecule has 2 fully saturated rings. The average Bonchev–Trinajstić information content (AvgIpc) is 2.61. The highest BCUT2D eigenvalue weighted by molar-refractivity contribution is 5.85. The Morgan fingerprint density at radius 1 is 1.28 bits per heavy atom. The van der Waals surface area contributed by atoms with Crippen LogP contribution in [0.4, 0.5) is 13.2 Å². The van der Waals surface area contributed by atoms with Crippen molar-refractivity contribution in [2.24, 2.45) is 5.41 Å². The summed E-state index contributed by atoms with van der Waals surface area (Å²) >= 11 is 0. The molecule has 2 rings (SSSR count). The van der Waals surface area contributed by atoms with E-state index >= 15 is 0 Å². The summed E-state index contributed by atoms with van der Waals surface area (Å²) < 4.78 is 31.7. The van der Waals surface area contributed by atoms with Crippen molar-refractivity contribution >= 4 is 11.9 Å². The van der Waals surface area contributed by atoms with Crippen LogP contribution in [0.1, 0.15) is 19.3 Å². The number of carboxylic acid groups (broad SMARTS) is 1. The zero-order chi connectivity index (χ0) is 13.8. The summed E-state index contributed by atoms with van der Waals surface area (Å²) in [6.45, 7) is 2.84. The molecule has 1 unspecified atom stereocenters. The number of carbonyl (C=O) groups excluding carboxylic acids is 1. The molecule has 8 heteroatoms. The second-order valence-corrected chi connectivity index (χ2v) is 4.37. The number of alkyl halides is 3. The normalized spacial score (nSPS) is 27.4. The number of carbonyl (C=O) groups is 2. The summed E-state index contributed by atoms with van der Waals surface area (Å²) in [5.41, 5.74) is -0.0295. The molecule has 0 aromatic rings. The van der Waals surface area contributed by atoms with Crippen LogP contribution in [-0.2, 0) is 9.59 Å². The van der Waals surface area contributed by atoms with Gasteiger partial charge in [0.25, 0.3) is 0 Å². The van der Waals surface area contributed by atoms with Gasteiger partial charge in [-0.1, -0.05) is 0 Å². The van der Waals surface area contributed by atoms with Crippen LogP contribution < -0.4 is 10.6 Å². The predicted octanol–water partition coefficient (Wildman–Crippen LogP) is 0.509. The summed E-state index contributed by atoms with van der Waals surface area (Å²) in [5.74, 6) is -2.49. The third kappa shape index (κ3) is 3.59. The summed E-state index contributed by atoms with van der Waals surface area (Å²) in [5, 5.41) is 13.3. The van der Waals surface area contributed by atoms with E-state index in [2.05, 4.69) is 10.6 Å². The maximum Gasteiger partial charge on any atom is 0.490 e. The third-order valence-corrected chi connectivity index (χ3v) is 3.09. The van der Waals surface area contributed by atoms with Crippen molar-refractivity contribution in [1.82, 2.24) is 10.6 Å². The number of rotatable bonds is 0. The Kier molecular flexibility index (Phi) is 4.55. The molecule has 18 heavy (non-hydrogen) atoms. The summed E-state index contributed by atoms with van der Waals surface area (Å²) in [6.07, 6.45) is -1.84. The molecule has 0 radical (unpaired) electrons. The third-order valence-electron chi connectivity index (χ3n) is 3.09. The molecule has 1 atom stereocenters. The Morgan fingerprint density at radius 3 is 2.22 bits per heavy atom. The molecular formula is C10H15F3N2O3. The topological polar surface area (TPSA) is 78.4 Å². The van der Waals surface area contributed by atoms with Crippen LogP contribution in [0.5, 0.6) is 0 Å². The van der Waals surface area contributed by atoms with Crippen LogP contribution in [0, 0.1) is 5.41 Å². The molecule has 1 amide bonds. The van der Waals surface area contributed by atoms with Crippen molar-refractivity contribution in [3.63, 3.8) is 0 Å². The second-order valence-electron chi connectivity index (χ2n) is 4.37. The molecule has 2 saturated heterocycles. The largest absolute Gasteiger partial charge is 0.490 e. The molecule has 2 aliphatic heterocycles. The minimum absolute atomic E-state index is 0.0295. The van der Waals surface area contributed by atoms with E-state index in [1.165, 1.54) is 0 Å². The van der Waals surface area contributed by atoms with E-state index in [0.29, 0.717) is 0 Å². The van der Waals surface area contributed by atoms with Gasteiger partial charge < -0.3 is 15.7 Å². The van der Waals surface area contributed by atoms with Crippen molar-refractivity contribution in [3.05, 3.63) is 0 Å². The molecule has 2 aliphatic rings. The molecule has 0 saturated carbocycles. The van der Waals surface area contributed by atoms with Crippen molar-refractivity contribution in [2.45, 2.75) is 25.4 Å². The van der Waals surface area contributed by atoms with Crippen LogP contribution in [-0.4, -0.2) is 42.8 Å². The van der Waals surface area contributed by atoms with Gasteiger partial charge in [-0.3, -0.25) is 4.79 Å². The van der Waals surface area contributed by atoms with Crippen molar-refractivity contribution < 1.29 is 27.9 Å². The van der Waals surface area contributed by atoms with Gasteiger partial charge in [0.05, 0.1) is 5.41 Å². The number of aliphatic carboxylic acids is 1. The van der Waals surface area contributed by atoms with Gasteiger partial charge >= 0.3 is 12.1 Å². The van der Waals surface area contributed by atoms with Crippen LogP contribution in [0.25, 0.3) is 0 Å². The smallest absolute Gasteiger partial charge is 0.475 e. The first-order valence-corrected chi connectivity index (χ1v) is 5.57. The fourth-order valence-electron chi connectivity index (χ4n) is 2.09. The van der Waals surface area contributed by atoms with Crippen molar-refractivity contribution in [1.29, 1.82) is 0 Å². The van der Waals surface area contributed by atoms with Gasteiger partial charge in [0, 0.05) is 13.1 Å². The Hall–Kier alpha value is -1.31. The van der Waals surface area contributed by atoms with Crippen LogP contribution >= 0.6 is 0 Å². The SMILES string of the molecule is O=C(O)C(F)(F)F.O=C1NCCC12CCCNC2. The number of carboxylic acids is 1. The first-order chi connectivity index (χ1) is 8.28. The van der Waals surface area contributed by atoms with E-state index in [-0.39, 0.29) is 11.3 Å². The van der Waals surface area contributed by atoms with E-state index in [1.54, 1.807) is 0 Å². The Balaban J connectivity index is 0.000000203. The van der Waals surface area contributed by atoms with E-state index in [9.17, 15) is 18.0 Å². The van der Waals surface area contributed by atoms with Crippen LogP contribution in [0.2, 0.25) is 0 Å². The lowest BCUT2D eigenvalue weighted by atomic mass is 9.79. The van der Waals surface area contributed by atoms with Gasteiger partial charge in [0.1, 0.15) is 0 Å². The van der Waals surface area contributed by atoms with Gasteiger partial charge in [-0.15, -0.1) is 0 Å². The highest BCUT2D eigenvalue weighted by Crippen LogP contribution is 2.33. The number of halogens is 3. The number of nitrogens with one attached hydrogen (secondary N) is 2. The van der Waals surface area contributed by atoms with Crippen LogP contribution in [0.3, 0.4) is 0 Å². The van der Waals surface area contributed by atoms with Crippen molar-refractivity contribution in [2.75, 3.05) is 19.6 Å². The summed E-state index contributed by atoms with van der Waals surface area (Å²) in [4.78, 5) is 20.3. The van der Waals surface area contributed by atoms with Gasteiger partial charge in [-0.2, -0.15) is 13.2 Å². The number of hydrogen-bond donors (Lipinski definition) is 3. The quantitative estimate of drug-likeness (QED) is 0.598. The first kappa shape index (κ1) is 14.7. The minimum atomic E-state index is -5.08. The Labute approximate surface area is 102 Å². The molecule has 3 N–H and O–H groups in total. The Morgan fingerprint density at radius 2 is 1.89 bits per heavy atom. The van der Waals surface area contributed by atoms with Gasteiger partial charge in [0.2, 0.25) is 5.91 Å². The zero-order valence-corrected chi connectivity index (χ0v) is 9.64. The van der Waals surface area contributed by atoms with Gasteiger partial charge in [0.15, 0.2) is 0 Å². The molecule has 0 aromatic heterocycles. The van der Waals surface area contributed by atoms with Gasteiger partial charge in [-0.25, -0.2) is 4.79 Å². The lowest BCUT2D eigenvalue weighted by molar-refractivity contribution is -0.192. The number of hydrogen-bond acceptors (Lipinski definition) is 3. The molecule has 0 aromatic carbocycles. The highest BCUT2D eigenvalue weighted by atomic mass is 19.4.